The smallest absolute Gasteiger partial charge is 0.0218 e. The fourth-order valence-corrected chi connectivity index (χ4v) is 1.35. The van der Waals surface area contributed by atoms with E-state index in [9.17, 15) is 0 Å². The van der Waals surface area contributed by atoms with Gasteiger partial charge in [0, 0.05) is 0 Å². The van der Waals surface area contributed by atoms with Gasteiger partial charge in [-0.2, -0.15) is 0 Å². The first-order chi connectivity index (χ1) is 5.74. The van der Waals surface area contributed by atoms with Crippen molar-refractivity contribution >= 4 is 0 Å². The molecule has 64 valence electrons. The van der Waals surface area contributed by atoms with Crippen molar-refractivity contribution in [2.75, 3.05) is 0 Å². The van der Waals surface area contributed by atoms with Crippen LogP contribution in [0.4, 0.5) is 0 Å². The Hall–Kier alpha value is -1.04. The van der Waals surface area contributed by atoms with Crippen molar-refractivity contribution in [3.8, 4) is 0 Å². The van der Waals surface area contributed by atoms with E-state index in [2.05, 4.69) is 31.7 Å². The molecule has 0 bridgehead atoms. The van der Waals surface area contributed by atoms with Crippen LogP contribution < -0.4 is 0 Å². The Morgan fingerprint density at radius 3 is 3.00 bits per heavy atom. The maximum absolute atomic E-state index is 4.00. The van der Waals surface area contributed by atoms with Gasteiger partial charge in [0.2, 0.25) is 0 Å². The van der Waals surface area contributed by atoms with Gasteiger partial charge in [-0.1, -0.05) is 43.9 Å². The second kappa shape index (κ2) is 4.10. The summed E-state index contributed by atoms with van der Waals surface area (Å²) >= 11 is 0. The molecule has 0 saturated carbocycles. The monoisotopic (exact) mass is 160 g/mol. The number of hydrogen-bond donors (Lipinski definition) is 0. The third-order valence-corrected chi connectivity index (χ3v) is 2.01. The van der Waals surface area contributed by atoms with Crippen molar-refractivity contribution in [2.24, 2.45) is 5.92 Å². The lowest BCUT2D eigenvalue weighted by atomic mass is 9.94. The van der Waals surface area contributed by atoms with E-state index < -0.39 is 0 Å². The highest BCUT2D eigenvalue weighted by Crippen LogP contribution is 2.21. The molecule has 0 aliphatic heterocycles. The first-order valence-corrected chi connectivity index (χ1v) is 4.44. The van der Waals surface area contributed by atoms with Crippen LogP contribution in [-0.4, -0.2) is 0 Å². The second-order valence-corrected chi connectivity index (χ2v) is 3.26. The van der Waals surface area contributed by atoms with Gasteiger partial charge in [-0.05, 0) is 30.4 Å². The van der Waals surface area contributed by atoms with E-state index in [0.29, 0.717) is 5.92 Å². The highest BCUT2D eigenvalue weighted by Gasteiger charge is 2.04. The Morgan fingerprint density at radius 2 is 2.42 bits per heavy atom. The van der Waals surface area contributed by atoms with Crippen LogP contribution in [0.3, 0.4) is 0 Å². The minimum Gasteiger partial charge on any atom is -0.0912 e. The molecular formula is C12H16. The average Bonchev–Trinajstić information content (AvgIpc) is 2.05. The van der Waals surface area contributed by atoms with Crippen LogP contribution in [0.2, 0.25) is 0 Å². The van der Waals surface area contributed by atoms with Crippen LogP contribution in [-0.2, 0) is 0 Å². The number of allylic oxidation sites excluding steroid dienone is 7. The summed E-state index contributed by atoms with van der Waals surface area (Å²) in [7, 11) is 0. The van der Waals surface area contributed by atoms with Gasteiger partial charge >= 0.3 is 0 Å². The van der Waals surface area contributed by atoms with E-state index in [1.54, 1.807) is 0 Å². The average molecular weight is 160 g/mol. The highest BCUT2D eigenvalue weighted by atomic mass is 14.1. The molecule has 0 N–H and O–H groups in total. The van der Waals surface area contributed by atoms with Crippen LogP contribution in [0.25, 0.3) is 0 Å². The van der Waals surface area contributed by atoms with Gasteiger partial charge in [-0.25, -0.2) is 0 Å². The van der Waals surface area contributed by atoms with Crippen molar-refractivity contribution in [3.63, 3.8) is 0 Å². The summed E-state index contributed by atoms with van der Waals surface area (Å²) in [5.41, 5.74) is 2.38. The zero-order valence-corrected chi connectivity index (χ0v) is 7.88. The molecular weight excluding hydrogens is 144 g/mol. The molecule has 0 heteroatoms. The minimum atomic E-state index is 0.659. The standard InChI is InChI=1S/C12H16/c1-4-6-11(3)12-8-5-7-10(2)9-12/h4-6,8-10H,3,7H2,1-2H3/b6-4-. The Balaban J connectivity index is 2.74. The van der Waals surface area contributed by atoms with Gasteiger partial charge in [0.25, 0.3) is 0 Å². The molecule has 0 saturated heterocycles. The molecule has 0 nitrogen and oxygen atoms in total. The topological polar surface area (TPSA) is 0 Å². The molecule has 1 aliphatic rings. The molecule has 1 unspecified atom stereocenters. The SMILES string of the molecule is C=C(/C=C\C)C1=CC(C)CC=C1. The van der Waals surface area contributed by atoms with E-state index in [4.69, 9.17) is 0 Å². The third-order valence-electron chi connectivity index (χ3n) is 2.01. The van der Waals surface area contributed by atoms with Gasteiger partial charge < -0.3 is 0 Å². The Bertz CT molecular complexity index is 251. The molecule has 1 atom stereocenters. The molecule has 1 rings (SSSR count). The van der Waals surface area contributed by atoms with Gasteiger partial charge in [-0.3, -0.25) is 0 Å². The fourth-order valence-electron chi connectivity index (χ4n) is 1.35. The fraction of sp³-hybridized carbons (Fsp3) is 0.333. The third kappa shape index (κ3) is 2.23. The van der Waals surface area contributed by atoms with Crippen molar-refractivity contribution in [3.05, 3.63) is 48.1 Å². The van der Waals surface area contributed by atoms with Gasteiger partial charge in [-0.15, -0.1) is 0 Å². The lowest BCUT2D eigenvalue weighted by molar-refractivity contribution is 0.731. The predicted octanol–water partition coefficient (Wildman–Crippen LogP) is 3.64. The molecule has 1 aliphatic carbocycles. The van der Waals surface area contributed by atoms with E-state index in [-0.39, 0.29) is 0 Å². The summed E-state index contributed by atoms with van der Waals surface area (Å²) in [6, 6.07) is 0. The maximum Gasteiger partial charge on any atom is -0.0218 e. The van der Waals surface area contributed by atoms with Crippen molar-refractivity contribution < 1.29 is 0 Å². The van der Waals surface area contributed by atoms with Crippen LogP contribution in [0, 0.1) is 5.92 Å². The van der Waals surface area contributed by atoms with Crippen LogP contribution in [0.5, 0.6) is 0 Å². The Kier molecular flexibility index (Phi) is 3.09. The summed E-state index contributed by atoms with van der Waals surface area (Å²) in [6.45, 7) is 8.24. The summed E-state index contributed by atoms with van der Waals surface area (Å²) < 4.78 is 0. The molecule has 0 aromatic heterocycles. The summed E-state index contributed by atoms with van der Waals surface area (Å²) in [5.74, 6) is 0.659. The van der Waals surface area contributed by atoms with E-state index in [1.165, 1.54) is 5.57 Å². The molecule has 0 aromatic carbocycles. The lowest BCUT2D eigenvalue weighted by Gasteiger charge is -2.11. The lowest BCUT2D eigenvalue weighted by Crippen LogP contribution is -1.95. The zero-order chi connectivity index (χ0) is 8.97. The summed E-state index contributed by atoms with van der Waals surface area (Å²) in [6.07, 6.45) is 11.9. The zero-order valence-electron chi connectivity index (χ0n) is 7.88. The molecule has 0 spiro atoms. The van der Waals surface area contributed by atoms with Crippen molar-refractivity contribution in [1.82, 2.24) is 0 Å². The molecule has 0 amide bonds. The quantitative estimate of drug-likeness (QED) is 0.541. The van der Waals surface area contributed by atoms with E-state index in [1.807, 2.05) is 19.1 Å². The summed E-state index contributed by atoms with van der Waals surface area (Å²) in [5, 5.41) is 0. The Morgan fingerprint density at radius 1 is 1.67 bits per heavy atom. The molecule has 12 heavy (non-hydrogen) atoms. The highest BCUT2D eigenvalue weighted by molar-refractivity contribution is 5.45. The van der Waals surface area contributed by atoms with Crippen LogP contribution in [0.15, 0.2) is 48.1 Å². The first kappa shape index (κ1) is 9.05. The Labute approximate surface area is 75.0 Å². The van der Waals surface area contributed by atoms with Gasteiger partial charge in [0.1, 0.15) is 0 Å². The van der Waals surface area contributed by atoms with Crippen LogP contribution >= 0.6 is 0 Å². The molecule has 0 heterocycles. The number of hydrogen-bond acceptors (Lipinski definition) is 0. The van der Waals surface area contributed by atoms with Crippen molar-refractivity contribution in [1.29, 1.82) is 0 Å². The maximum atomic E-state index is 4.00. The van der Waals surface area contributed by atoms with E-state index in [0.717, 1.165) is 12.0 Å². The minimum absolute atomic E-state index is 0.659. The van der Waals surface area contributed by atoms with E-state index >= 15 is 0 Å². The van der Waals surface area contributed by atoms with Crippen molar-refractivity contribution in [2.45, 2.75) is 20.3 Å². The molecule has 0 radical (unpaired) electrons. The largest absolute Gasteiger partial charge is 0.0912 e. The van der Waals surface area contributed by atoms with Crippen LogP contribution in [0.1, 0.15) is 20.3 Å². The second-order valence-electron chi connectivity index (χ2n) is 3.26. The predicted molar refractivity (Wildman–Crippen MR) is 55.0 cm³/mol. The normalized spacial score (nSPS) is 22.8. The van der Waals surface area contributed by atoms with Gasteiger partial charge in [0.05, 0.1) is 0 Å². The molecule has 0 fully saturated rings. The number of rotatable bonds is 2. The summed E-state index contributed by atoms with van der Waals surface area (Å²) in [4.78, 5) is 0. The van der Waals surface area contributed by atoms with Gasteiger partial charge in [0.15, 0.2) is 0 Å². The first-order valence-electron chi connectivity index (χ1n) is 4.44. The molecule has 0 aromatic rings.